The fourth-order valence-electron chi connectivity index (χ4n) is 6.91. The lowest BCUT2D eigenvalue weighted by Crippen LogP contribution is -2.36. The Kier molecular flexibility index (Phi) is 5.75. The van der Waals surface area contributed by atoms with Crippen LogP contribution >= 0.6 is 0 Å². The van der Waals surface area contributed by atoms with Crippen molar-refractivity contribution in [1.29, 1.82) is 0 Å². The van der Waals surface area contributed by atoms with Crippen molar-refractivity contribution in [3.63, 3.8) is 0 Å². The Morgan fingerprint density at radius 2 is 1.07 bits per heavy atom. The molecule has 202 valence electrons. The lowest BCUT2D eigenvalue weighted by molar-refractivity contribution is 0.543. The summed E-state index contributed by atoms with van der Waals surface area (Å²) in [6.07, 6.45) is 0.217. The van der Waals surface area contributed by atoms with Crippen LogP contribution in [0.25, 0.3) is 54.6 Å². The van der Waals surface area contributed by atoms with Gasteiger partial charge < -0.3 is 10.2 Å². The quantitative estimate of drug-likeness (QED) is 0.223. The molecule has 0 fully saturated rings. The molecule has 0 amide bonds. The van der Waals surface area contributed by atoms with Gasteiger partial charge in [0.15, 0.2) is 0 Å². The number of rotatable bonds is 4. The minimum absolute atomic E-state index is 0.217. The summed E-state index contributed by atoms with van der Waals surface area (Å²) in [5.41, 5.74) is 8.74. The molecule has 1 N–H and O–H groups in total. The van der Waals surface area contributed by atoms with E-state index in [1.54, 1.807) is 0 Å². The van der Waals surface area contributed by atoms with Gasteiger partial charge in [-0.2, -0.15) is 0 Å². The van der Waals surface area contributed by atoms with Crippen molar-refractivity contribution in [2.45, 2.75) is 20.0 Å². The Balaban J connectivity index is 1.34. The zero-order valence-corrected chi connectivity index (χ0v) is 23.9. The highest BCUT2D eigenvalue weighted by Crippen LogP contribution is 2.46. The molecule has 7 aromatic carbocycles. The number of para-hydroxylation sites is 2. The molecular weight excluding hydrogens is 508 g/mol. The second-order valence-corrected chi connectivity index (χ2v) is 11.6. The molecule has 0 aromatic heterocycles. The summed E-state index contributed by atoms with van der Waals surface area (Å²) in [6.45, 7) is 4.56. The van der Waals surface area contributed by atoms with Gasteiger partial charge >= 0.3 is 0 Å². The monoisotopic (exact) mass is 540 g/mol. The van der Waals surface area contributed by atoms with Crippen LogP contribution in [0, 0.1) is 5.92 Å². The minimum atomic E-state index is 0.217. The van der Waals surface area contributed by atoms with Crippen molar-refractivity contribution in [3.05, 3.63) is 140 Å². The average Bonchev–Trinajstić information content (AvgIpc) is 3.44. The van der Waals surface area contributed by atoms with Gasteiger partial charge in [0.05, 0.1) is 11.4 Å². The van der Waals surface area contributed by atoms with E-state index in [1.165, 1.54) is 71.6 Å². The van der Waals surface area contributed by atoms with Crippen LogP contribution in [-0.4, -0.2) is 6.17 Å². The fourth-order valence-corrected chi connectivity index (χ4v) is 6.91. The highest BCUT2D eigenvalue weighted by Gasteiger charge is 2.31. The first-order valence-electron chi connectivity index (χ1n) is 14.9. The molecule has 0 bridgehead atoms. The lowest BCUT2D eigenvalue weighted by Gasteiger charge is -2.30. The summed E-state index contributed by atoms with van der Waals surface area (Å²) >= 11 is 0. The van der Waals surface area contributed by atoms with Crippen LogP contribution in [0.2, 0.25) is 0 Å². The molecule has 42 heavy (non-hydrogen) atoms. The van der Waals surface area contributed by atoms with E-state index in [2.05, 4.69) is 164 Å². The molecule has 1 aliphatic rings. The van der Waals surface area contributed by atoms with E-state index >= 15 is 0 Å². The summed E-state index contributed by atoms with van der Waals surface area (Å²) < 4.78 is 0. The topological polar surface area (TPSA) is 15.3 Å². The lowest BCUT2D eigenvalue weighted by atomic mass is 9.85. The third-order valence-corrected chi connectivity index (χ3v) is 8.80. The Hall–Kier alpha value is -5.08. The molecule has 0 saturated carbocycles. The molecule has 0 spiro atoms. The number of nitrogens with zero attached hydrogens (tertiary/aromatic N) is 1. The minimum Gasteiger partial charge on any atom is -0.363 e. The summed E-state index contributed by atoms with van der Waals surface area (Å²) in [6, 6.07) is 51.0. The largest absolute Gasteiger partial charge is 0.363 e. The highest BCUT2D eigenvalue weighted by atomic mass is 15.3. The third kappa shape index (κ3) is 3.79. The van der Waals surface area contributed by atoms with Gasteiger partial charge in [-0.15, -0.1) is 0 Å². The normalized spacial score (nSPS) is 14.5. The van der Waals surface area contributed by atoms with Crippen molar-refractivity contribution in [1.82, 2.24) is 0 Å². The zero-order valence-electron chi connectivity index (χ0n) is 23.9. The second kappa shape index (κ2) is 9.78. The van der Waals surface area contributed by atoms with Crippen LogP contribution in [0.5, 0.6) is 0 Å². The van der Waals surface area contributed by atoms with Crippen molar-refractivity contribution in [2.75, 3.05) is 10.2 Å². The zero-order chi connectivity index (χ0) is 28.2. The van der Waals surface area contributed by atoms with E-state index < -0.39 is 0 Å². The van der Waals surface area contributed by atoms with Gasteiger partial charge in [0.1, 0.15) is 6.17 Å². The van der Waals surface area contributed by atoms with Crippen LogP contribution in [0.15, 0.2) is 140 Å². The van der Waals surface area contributed by atoms with Crippen LogP contribution < -0.4 is 10.2 Å². The van der Waals surface area contributed by atoms with Gasteiger partial charge in [-0.1, -0.05) is 129 Å². The molecule has 0 aliphatic carbocycles. The summed E-state index contributed by atoms with van der Waals surface area (Å²) in [4.78, 5) is 2.45. The maximum atomic E-state index is 3.74. The Bertz CT molecular complexity index is 2040. The average molecular weight is 541 g/mol. The maximum Gasteiger partial charge on any atom is 0.106 e. The molecule has 1 aliphatic heterocycles. The van der Waals surface area contributed by atoms with E-state index in [1.807, 2.05) is 0 Å². The molecule has 8 rings (SSSR count). The molecule has 0 radical (unpaired) electrons. The number of benzene rings is 7. The molecular formula is C40H32N2. The van der Waals surface area contributed by atoms with Crippen molar-refractivity contribution >= 4 is 49.4 Å². The summed E-state index contributed by atoms with van der Waals surface area (Å²) in [5.74, 6) is 0.451. The van der Waals surface area contributed by atoms with Crippen molar-refractivity contribution in [2.24, 2.45) is 5.92 Å². The molecule has 1 unspecified atom stereocenters. The maximum absolute atomic E-state index is 3.74. The van der Waals surface area contributed by atoms with E-state index in [0.29, 0.717) is 5.92 Å². The van der Waals surface area contributed by atoms with Crippen molar-refractivity contribution < 1.29 is 0 Å². The molecule has 0 saturated heterocycles. The van der Waals surface area contributed by atoms with E-state index in [9.17, 15) is 0 Å². The predicted molar refractivity (Wildman–Crippen MR) is 181 cm³/mol. The summed E-state index contributed by atoms with van der Waals surface area (Å²) in [5, 5.41) is 11.4. The number of hydrogen-bond donors (Lipinski definition) is 1. The second-order valence-electron chi connectivity index (χ2n) is 11.6. The first-order valence-corrected chi connectivity index (χ1v) is 14.9. The molecule has 1 heterocycles. The molecule has 2 nitrogen and oxygen atoms in total. The smallest absolute Gasteiger partial charge is 0.106 e. The number of nitrogens with one attached hydrogen (secondary N) is 1. The molecule has 7 aromatic rings. The van der Waals surface area contributed by atoms with E-state index in [4.69, 9.17) is 0 Å². The van der Waals surface area contributed by atoms with Crippen LogP contribution in [0.1, 0.15) is 13.8 Å². The SMILES string of the molecule is CC(C)C1Nc2ccccc2N1c1ccc(-c2c3ccccc3c(-c3cccc4ccccc34)c3ccccc23)cc1. The van der Waals surface area contributed by atoms with Gasteiger partial charge in [-0.3, -0.25) is 0 Å². The van der Waals surface area contributed by atoms with Gasteiger partial charge in [0.25, 0.3) is 0 Å². The number of fused-ring (bicyclic) bond motifs is 4. The predicted octanol–water partition coefficient (Wildman–Crippen LogP) is 11.0. The van der Waals surface area contributed by atoms with Crippen molar-refractivity contribution in [3.8, 4) is 22.3 Å². The van der Waals surface area contributed by atoms with Crippen LogP contribution in [-0.2, 0) is 0 Å². The van der Waals surface area contributed by atoms with E-state index in [-0.39, 0.29) is 6.17 Å². The number of anilines is 3. The third-order valence-electron chi connectivity index (χ3n) is 8.80. The Labute approximate surface area is 246 Å². The fraction of sp³-hybridized carbons (Fsp3) is 0.100. The Morgan fingerprint density at radius 1 is 0.524 bits per heavy atom. The first-order chi connectivity index (χ1) is 20.7. The van der Waals surface area contributed by atoms with Gasteiger partial charge in [0, 0.05) is 5.69 Å². The molecule has 1 atom stereocenters. The van der Waals surface area contributed by atoms with Gasteiger partial charge in [-0.05, 0) is 84.8 Å². The van der Waals surface area contributed by atoms with Gasteiger partial charge in [0.2, 0.25) is 0 Å². The highest BCUT2D eigenvalue weighted by molar-refractivity contribution is 6.23. The first kappa shape index (κ1) is 24.7. The van der Waals surface area contributed by atoms with Crippen LogP contribution in [0.4, 0.5) is 17.1 Å². The van der Waals surface area contributed by atoms with Gasteiger partial charge in [-0.25, -0.2) is 0 Å². The summed E-state index contributed by atoms with van der Waals surface area (Å²) in [7, 11) is 0. The standard InChI is InChI=1S/C40H32N2/c1-26(2)40-41-36-20-9-10-21-37(36)42(40)29-24-22-28(23-25-29)38-32-15-5-7-17-34(32)39(35-18-8-6-16-33(35)38)31-19-11-13-27-12-3-4-14-30(27)31/h3-26,40-41H,1-2H3. The van der Waals surface area contributed by atoms with E-state index in [0.717, 1.165) is 0 Å². The van der Waals surface area contributed by atoms with Crippen LogP contribution in [0.3, 0.4) is 0 Å². The Morgan fingerprint density at radius 3 is 1.74 bits per heavy atom. The number of hydrogen-bond acceptors (Lipinski definition) is 2. The molecule has 2 heteroatoms.